The van der Waals surface area contributed by atoms with Crippen LogP contribution >= 0.6 is 0 Å². The highest BCUT2D eigenvalue weighted by Gasteiger charge is 2.15. The summed E-state index contributed by atoms with van der Waals surface area (Å²) in [5.41, 5.74) is 0.557. The first kappa shape index (κ1) is 17.8. The van der Waals surface area contributed by atoms with Gasteiger partial charge in [0.1, 0.15) is 0 Å². The molecule has 0 heterocycles. The average molecular weight is 325 g/mol. The van der Waals surface area contributed by atoms with E-state index < -0.39 is 0 Å². The van der Waals surface area contributed by atoms with Crippen molar-refractivity contribution in [2.24, 2.45) is 0 Å². The molecule has 1 N–H and O–H groups in total. The molecule has 1 aliphatic rings. The minimum Gasteiger partial charge on any atom is -0.493 e. The molecule has 2 rings (SSSR count). The van der Waals surface area contributed by atoms with Gasteiger partial charge in [0.15, 0.2) is 5.76 Å². The molecule has 0 bridgehead atoms. The van der Waals surface area contributed by atoms with Crippen molar-refractivity contribution in [3.8, 4) is 0 Å². The highest BCUT2D eigenvalue weighted by molar-refractivity contribution is 6.04. The maximum absolute atomic E-state index is 11.5. The molecule has 126 valence electrons. The lowest BCUT2D eigenvalue weighted by molar-refractivity contribution is -0.114. The summed E-state index contributed by atoms with van der Waals surface area (Å²) in [5, 5.41) is 13.1. The standard InChI is InChI=1S/C20H23NO3/c1-20(2,3)21(23)14-17-9-6-15(7-10-17)5-8-16-11-12-18(22)19(13-16)24-4/h5-14,23H,1-4H3/b15-5?,16-8-,17-14?. The van der Waals surface area contributed by atoms with Gasteiger partial charge in [-0.15, -0.1) is 0 Å². The second-order valence-electron chi connectivity index (χ2n) is 6.55. The van der Waals surface area contributed by atoms with Gasteiger partial charge >= 0.3 is 0 Å². The third-order valence-corrected chi connectivity index (χ3v) is 3.55. The fourth-order valence-electron chi connectivity index (χ4n) is 2.01. The van der Waals surface area contributed by atoms with E-state index in [9.17, 15) is 10.0 Å². The van der Waals surface area contributed by atoms with Crippen LogP contribution in [0.3, 0.4) is 0 Å². The number of allylic oxidation sites excluding steroid dienone is 5. The molecule has 1 aliphatic carbocycles. The molecule has 0 atom stereocenters. The number of nitrogens with zero attached hydrogens (tertiary/aromatic N) is 1. The summed E-state index contributed by atoms with van der Waals surface area (Å²) in [6, 6.07) is 7.82. The van der Waals surface area contributed by atoms with Gasteiger partial charge in [-0.1, -0.05) is 42.5 Å². The van der Waals surface area contributed by atoms with Crippen LogP contribution in [-0.2, 0) is 9.53 Å². The van der Waals surface area contributed by atoms with Crippen LogP contribution in [0.15, 0.2) is 59.9 Å². The van der Waals surface area contributed by atoms with Crippen molar-refractivity contribution in [2.75, 3.05) is 7.11 Å². The zero-order chi connectivity index (χ0) is 17.7. The molecule has 4 heteroatoms. The lowest BCUT2D eigenvalue weighted by Gasteiger charge is -2.27. The Morgan fingerprint density at radius 2 is 1.67 bits per heavy atom. The molecule has 0 unspecified atom stereocenters. The molecule has 24 heavy (non-hydrogen) atoms. The van der Waals surface area contributed by atoms with E-state index in [-0.39, 0.29) is 11.3 Å². The molecule has 0 saturated carbocycles. The fraction of sp³-hybridized carbons (Fsp3) is 0.250. The second kappa shape index (κ2) is 7.32. The zero-order valence-electron chi connectivity index (χ0n) is 14.5. The Morgan fingerprint density at radius 1 is 1.04 bits per heavy atom. The second-order valence-corrected chi connectivity index (χ2v) is 6.55. The smallest absolute Gasteiger partial charge is 0.220 e. The molecular formula is C20H23NO3. The Balaban J connectivity index is 2.23. The van der Waals surface area contributed by atoms with E-state index >= 15 is 0 Å². The number of benzene rings is 1. The van der Waals surface area contributed by atoms with Crippen molar-refractivity contribution in [3.05, 3.63) is 70.3 Å². The van der Waals surface area contributed by atoms with E-state index in [0.29, 0.717) is 5.76 Å². The maximum Gasteiger partial charge on any atom is 0.220 e. The molecule has 0 aromatic heterocycles. The highest BCUT2D eigenvalue weighted by atomic mass is 16.5. The van der Waals surface area contributed by atoms with Gasteiger partial charge in [0.2, 0.25) is 5.78 Å². The predicted octanol–water partition coefficient (Wildman–Crippen LogP) is 2.29. The van der Waals surface area contributed by atoms with Crippen molar-refractivity contribution in [2.45, 2.75) is 26.3 Å². The molecule has 0 amide bonds. The first-order valence-electron chi connectivity index (χ1n) is 7.76. The first-order valence-corrected chi connectivity index (χ1v) is 7.76. The van der Waals surface area contributed by atoms with Crippen LogP contribution in [-0.4, -0.2) is 28.7 Å². The summed E-state index contributed by atoms with van der Waals surface area (Å²) < 4.78 is 5.04. The molecular weight excluding hydrogens is 302 g/mol. The van der Waals surface area contributed by atoms with Crippen molar-refractivity contribution in [1.82, 2.24) is 5.06 Å². The summed E-state index contributed by atoms with van der Waals surface area (Å²) in [5.74, 6) is 0.217. The van der Waals surface area contributed by atoms with Gasteiger partial charge in [-0.2, -0.15) is 0 Å². The van der Waals surface area contributed by atoms with Crippen LogP contribution < -0.4 is 10.4 Å². The molecule has 0 radical (unpaired) electrons. The van der Waals surface area contributed by atoms with Gasteiger partial charge in [-0.25, -0.2) is 0 Å². The SMILES string of the molecule is COC1=C/C(=C\C=c2ccc(=CN(O)C(C)(C)C)cc2)C=CC1=O. The van der Waals surface area contributed by atoms with E-state index in [1.807, 2.05) is 57.2 Å². The summed E-state index contributed by atoms with van der Waals surface area (Å²) in [4.78, 5) is 11.5. The van der Waals surface area contributed by atoms with Crippen molar-refractivity contribution in [3.63, 3.8) is 0 Å². The van der Waals surface area contributed by atoms with Crippen LogP contribution in [0.5, 0.6) is 0 Å². The number of ether oxygens (including phenoxy) is 1. The molecule has 0 aliphatic heterocycles. The Hall–Kier alpha value is -2.59. The summed E-state index contributed by atoms with van der Waals surface area (Å²) in [6.07, 6.45) is 10.6. The third kappa shape index (κ3) is 4.70. The monoisotopic (exact) mass is 325 g/mol. The highest BCUT2D eigenvalue weighted by Crippen LogP contribution is 2.13. The Kier molecular flexibility index (Phi) is 5.42. The van der Waals surface area contributed by atoms with Crippen molar-refractivity contribution >= 4 is 18.1 Å². The Labute approximate surface area is 142 Å². The fourth-order valence-corrected chi connectivity index (χ4v) is 2.01. The number of carbonyl (C=O) groups excluding carboxylic acids is 1. The lowest BCUT2D eigenvalue weighted by Crippen LogP contribution is -2.35. The van der Waals surface area contributed by atoms with E-state index in [1.54, 1.807) is 18.4 Å². The quantitative estimate of drug-likeness (QED) is 0.867. The molecule has 0 fully saturated rings. The Morgan fingerprint density at radius 3 is 2.25 bits per heavy atom. The number of rotatable bonds is 3. The molecule has 0 saturated heterocycles. The zero-order valence-corrected chi connectivity index (χ0v) is 14.5. The van der Waals surface area contributed by atoms with Crippen LogP contribution in [0.1, 0.15) is 20.8 Å². The molecule has 1 aromatic rings. The Bertz CT molecular complexity index is 800. The maximum atomic E-state index is 11.5. The van der Waals surface area contributed by atoms with Gasteiger partial charge in [-0.3, -0.25) is 15.1 Å². The molecule has 0 spiro atoms. The first-order chi connectivity index (χ1) is 11.3. The van der Waals surface area contributed by atoms with E-state index in [4.69, 9.17) is 4.74 Å². The van der Waals surface area contributed by atoms with E-state index in [2.05, 4.69) is 0 Å². The van der Waals surface area contributed by atoms with Crippen LogP contribution in [0.25, 0.3) is 12.3 Å². The molecule has 4 nitrogen and oxygen atoms in total. The minimum atomic E-state index is -0.342. The topological polar surface area (TPSA) is 49.8 Å². The third-order valence-electron chi connectivity index (χ3n) is 3.55. The van der Waals surface area contributed by atoms with Crippen LogP contribution in [0, 0.1) is 0 Å². The lowest BCUT2D eigenvalue weighted by atomic mass is 10.1. The predicted molar refractivity (Wildman–Crippen MR) is 95.3 cm³/mol. The number of carbonyl (C=O) groups is 1. The van der Waals surface area contributed by atoms with Crippen LogP contribution in [0.4, 0.5) is 0 Å². The average Bonchev–Trinajstić information content (AvgIpc) is 2.54. The molecule has 1 aromatic carbocycles. The van der Waals surface area contributed by atoms with Gasteiger partial charge in [0.25, 0.3) is 0 Å². The van der Waals surface area contributed by atoms with Gasteiger partial charge in [-0.05, 0) is 48.9 Å². The van der Waals surface area contributed by atoms with Gasteiger partial charge < -0.3 is 4.74 Å². The van der Waals surface area contributed by atoms with Gasteiger partial charge in [0, 0.05) is 6.20 Å². The van der Waals surface area contributed by atoms with E-state index in [1.165, 1.54) is 18.2 Å². The number of hydrogen-bond acceptors (Lipinski definition) is 4. The summed E-state index contributed by atoms with van der Waals surface area (Å²) in [7, 11) is 1.49. The number of hydrogen-bond donors (Lipinski definition) is 1. The van der Waals surface area contributed by atoms with Crippen LogP contribution in [0.2, 0.25) is 0 Å². The van der Waals surface area contributed by atoms with Crippen molar-refractivity contribution in [1.29, 1.82) is 0 Å². The normalized spacial score (nSPS) is 16.0. The summed E-state index contributed by atoms with van der Waals surface area (Å²) in [6.45, 7) is 5.80. The number of hydroxylamine groups is 2. The largest absolute Gasteiger partial charge is 0.493 e. The van der Waals surface area contributed by atoms with E-state index in [0.717, 1.165) is 16.0 Å². The number of methoxy groups -OCH3 is 1. The number of ketones is 1. The minimum absolute atomic E-state index is 0.123. The van der Waals surface area contributed by atoms with Gasteiger partial charge in [0.05, 0.1) is 12.6 Å². The van der Waals surface area contributed by atoms with Crippen molar-refractivity contribution < 1.29 is 14.7 Å². The summed E-state index contributed by atoms with van der Waals surface area (Å²) >= 11 is 0.